The third-order valence-electron chi connectivity index (χ3n) is 5.99. The van der Waals surface area contributed by atoms with E-state index in [9.17, 15) is 0 Å². The van der Waals surface area contributed by atoms with Crippen molar-refractivity contribution in [2.45, 2.75) is 39.0 Å². The maximum atomic E-state index is 6.08. The largest absolute Gasteiger partial charge is 0.399 e. The molecule has 2 heteroatoms. The summed E-state index contributed by atoms with van der Waals surface area (Å²) in [6, 6.07) is 6.37. The van der Waals surface area contributed by atoms with Crippen molar-refractivity contribution in [1.29, 1.82) is 0 Å². The van der Waals surface area contributed by atoms with E-state index >= 15 is 0 Å². The number of allylic oxidation sites excluding steroid dienone is 5. The van der Waals surface area contributed by atoms with Gasteiger partial charge in [-0.15, -0.1) is 0 Å². The molecule has 116 valence electrons. The Kier molecular flexibility index (Phi) is 2.41. The molecule has 0 bridgehead atoms. The number of fused-ring (bicyclic) bond motifs is 5. The normalized spacial score (nSPS) is 24.0. The summed E-state index contributed by atoms with van der Waals surface area (Å²) in [5, 5.41) is 1.30. The fourth-order valence-electron chi connectivity index (χ4n) is 4.86. The second-order valence-electron chi connectivity index (χ2n) is 7.61. The summed E-state index contributed by atoms with van der Waals surface area (Å²) in [6.07, 6.45) is 13.0. The zero-order valence-corrected chi connectivity index (χ0v) is 13.8. The quantitative estimate of drug-likeness (QED) is 0.656. The number of hydrogen-bond acceptors (Lipinski definition) is 1. The number of aromatic nitrogens is 1. The molecule has 2 aliphatic carbocycles. The second kappa shape index (κ2) is 4.19. The van der Waals surface area contributed by atoms with E-state index in [2.05, 4.69) is 54.9 Å². The Labute approximate surface area is 137 Å². The van der Waals surface area contributed by atoms with Gasteiger partial charge in [-0.2, -0.15) is 0 Å². The molecule has 1 aromatic heterocycles. The summed E-state index contributed by atoms with van der Waals surface area (Å²) in [7, 11) is 0. The van der Waals surface area contributed by atoms with Crippen LogP contribution in [-0.4, -0.2) is 4.57 Å². The number of nitrogen functional groups attached to an aromatic ring is 1. The Morgan fingerprint density at radius 3 is 2.87 bits per heavy atom. The van der Waals surface area contributed by atoms with Gasteiger partial charge in [-0.1, -0.05) is 38.2 Å². The molecule has 5 rings (SSSR count). The predicted octanol–water partition coefficient (Wildman–Crippen LogP) is 5.32. The Hall–Kier alpha value is -2.22. The molecular formula is C21H22N2. The van der Waals surface area contributed by atoms with E-state index in [1.54, 1.807) is 0 Å². The molecule has 0 radical (unpaired) electrons. The predicted molar refractivity (Wildman–Crippen MR) is 98.1 cm³/mol. The van der Waals surface area contributed by atoms with Gasteiger partial charge >= 0.3 is 0 Å². The standard InChI is InChI=1S/C21H22N2/c1-21(2)16-7-3-4-9-19(16)23-18-11-10-13(22)12-15(18)14-6-5-8-17(21)20(14)23/h5-7,9-12,17H,3-4,8,22H2,1-2H3. The van der Waals surface area contributed by atoms with Gasteiger partial charge in [-0.05, 0) is 43.0 Å². The van der Waals surface area contributed by atoms with Gasteiger partial charge in [-0.25, -0.2) is 0 Å². The van der Waals surface area contributed by atoms with Gasteiger partial charge in [-0.3, -0.25) is 0 Å². The Balaban J connectivity index is 1.97. The molecule has 0 fully saturated rings. The van der Waals surface area contributed by atoms with Crippen LogP contribution in [0.3, 0.4) is 0 Å². The highest BCUT2D eigenvalue weighted by Crippen LogP contribution is 2.57. The summed E-state index contributed by atoms with van der Waals surface area (Å²) in [6.45, 7) is 4.84. The first-order valence-electron chi connectivity index (χ1n) is 8.61. The molecule has 2 heterocycles. The molecular weight excluding hydrogens is 280 g/mol. The smallest absolute Gasteiger partial charge is 0.0539 e. The third kappa shape index (κ3) is 1.54. The van der Waals surface area contributed by atoms with Gasteiger partial charge in [0.25, 0.3) is 0 Å². The number of benzene rings is 1. The summed E-state index contributed by atoms with van der Waals surface area (Å²) >= 11 is 0. The summed E-state index contributed by atoms with van der Waals surface area (Å²) in [5.74, 6) is 0.539. The van der Waals surface area contributed by atoms with Crippen LogP contribution in [0.4, 0.5) is 5.69 Å². The average molecular weight is 302 g/mol. The highest BCUT2D eigenvalue weighted by atomic mass is 15.0. The molecule has 1 atom stereocenters. The van der Waals surface area contributed by atoms with E-state index in [0.29, 0.717) is 5.92 Å². The summed E-state index contributed by atoms with van der Waals surface area (Å²) in [4.78, 5) is 0. The van der Waals surface area contributed by atoms with Crippen molar-refractivity contribution < 1.29 is 0 Å². The molecule has 3 aliphatic rings. The summed E-state index contributed by atoms with van der Waals surface area (Å²) in [5.41, 5.74) is 14.2. The van der Waals surface area contributed by atoms with Gasteiger partial charge < -0.3 is 10.3 Å². The number of hydrogen-bond donors (Lipinski definition) is 1. The van der Waals surface area contributed by atoms with E-state index in [1.807, 2.05) is 6.07 Å². The van der Waals surface area contributed by atoms with Gasteiger partial charge in [0.2, 0.25) is 0 Å². The van der Waals surface area contributed by atoms with Crippen molar-refractivity contribution in [2.24, 2.45) is 5.41 Å². The zero-order valence-electron chi connectivity index (χ0n) is 13.8. The fourth-order valence-corrected chi connectivity index (χ4v) is 4.86. The molecule has 23 heavy (non-hydrogen) atoms. The van der Waals surface area contributed by atoms with E-state index in [-0.39, 0.29) is 5.41 Å². The lowest BCUT2D eigenvalue weighted by atomic mass is 9.64. The van der Waals surface area contributed by atoms with Gasteiger partial charge in [0.05, 0.1) is 5.52 Å². The van der Waals surface area contributed by atoms with Gasteiger partial charge in [0, 0.05) is 39.4 Å². The van der Waals surface area contributed by atoms with Crippen molar-refractivity contribution >= 4 is 28.4 Å². The van der Waals surface area contributed by atoms with Crippen LogP contribution in [0.5, 0.6) is 0 Å². The minimum absolute atomic E-state index is 0.182. The topological polar surface area (TPSA) is 30.9 Å². The van der Waals surface area contributed by atoms with Crippen LogP contribution >= 0.6 is 0 Å². The van der Waals surface area contributed by atoms with Crippen molar-refractivity contribution in [3.8, 4) is 0 Å². The van der Waals surface area contributed by atoms with Crippen molar-refractivity contribution in [3.05, 3.63) is 53.3 Å². The molecule has 1 aromatic carbocycles. The molecule has 2 nitrogen and oxygen atoms in total. The van der Waals surface area contributed by atoms with E-state index in [0.717, 1.165) is 18.5 Å². The molecule has 0 saturated carbocycles. The lowest BCUT2D eigenvalue weighted by molar-refractivity contribution is 0.331. The van der Waals surface area contributed by atoms with E-state index in [1.165, 1.54) is 39.9 Å². The average Bonchev–Trinajstić information content (AvgIpc) is 2.88. The monoisotopic (exact) mass is 302 g/mol. The number of nitrogens with zero attached hydrogens (tertiary/aromatic N) is 1. The van der Waals surface area contributed by atoms with Crippen LogP contribution in [0.15, 0.2) is 42.0 Å². The van der Waals surface area contributed by atoms with Gasteiger partial charge in [0.1, 0.15) is 0 Å². The van der Waals surface area contributed by atoms with Crippen LogP contribution in [0.1, 0.15) is 50.3 Å². The van der Waals surface area contributed by atoms with Crippen LogP contribution in [0.2, 0.25) is 0 Å². The molecule has 1 unspecified atom stereocenters. The first-order chi connectivity index (χ1) is 11.1. The molecule has 2 N–H and O–H groups in total. The Bertz CT molecular complexity index is 934. The van der Waals surface area contributed by atoms with Crippen molar-refractivity contribution in [1.82, 2.24) is 4.57 Å². The molecule has 0 amide bonds. The Morgan fingerprint density at radius 2 is 2.00 bits per heavy atom. The molecule has 1 aliphatic heterocycles. The highest BCUT2D eigenvalue weighted by Gasteiger charge is 2.44. The fraction of sp³-hybridized carbons (Fsp3) is 0.333. The van der Waals surface area contributed by atoms with Crippen LogP contribution in [0, 0.1) is 5.41 Å². The van der Waals surface area contributed by atoms with Crippen LogP contribution < -0.4 is 5.73 Å². The second-order valence-corrected chi connectivity index (χ2v) is 7.61. The lowest BCUT2D eigenvalue weighted by Gasteiger charge is -2.45. The van der Waals surface area contributed by atoms with Crippen LogP contribution in [-0.2, 0) is 0 Å². The first-order valence-corrected chi connectivity index (χ1v) is 8.61. The van der Waals surface area contributed by atoms with E-state index < -0.39 is 0 Å². The maximum absolute atomic E-state index is 6.08. The first kappa shape index (κ1) is 13.2. The third-order valence-corrected chi connectivity index (χ3v) is 5.99. The minimum atomic E-state index is 0.182. The zero-order chi connectivity index (χ0) is 15.8. The number of anilines is 1. The van der Waals surface area contributed by atoms with Gasteiger partial charge in [0.15, 0.2) is 0 Å². The number of rotatable bonds is 0. The highest BCUT2D eigenvalue weighted by molar-refractivity contribution is 5.98. The maximum Gasteiger partial charge on any atom is 0.0539 e. The molecule has 0 saturated heterocycles. The molecule has 0 spiro atoms. The van der Waals surface area contributed by atoms with Crippen molar-refractivity contribution in [3.63, 3.8) is 0 Å². The van der Waals surface area contributed by atoms with Crippen molar-refractivity contribution in [2.75, 3.05) is 5.73 Å². The lowest BCUT2D eigenvalue weighted by Crippen LogP contribution is -2.34. The minimum Gasteiger partial charge on any atom is -0.399 e. The Morgan fingerprint density at radius 1 is 1.17 bits per heavy atom. The summed E-state index contributed by atoms with van der Waals surface area (Å²) < 4.78 is 2.52. The van der Waals surface area contributed by atoms with Crippen LogP contribution in [0.25, 0.3) is 22.7 Å². The molecule has 2 aromatic rings. The van der Waals surface area contributed by atoms with E-state index in [4.69, 9.17) is 5.73 Å². The SMILES string of the molecule is CC1(C)C2=CCCC=C2n2c3c(c4cc(N)ccc42)C=CCC31. The number of nitrogens with two attached hydrogens (primary N) is 1.